The van der Waals surface area contributed by atoms with Crippen molar-refractivity contribution in [3.8, 4) is 0 Å². The number of hydrogen-bond acceptors (Lipinski definition) is 7. The van der Waals surface area contributed by atoms with E-state index in [0.29, 0.717) is 43.4 Å². The highest BCUT2D eigenvalue weighted by molar-refractivity contribution is 7.89. The van der Waals surface area contributed by atoms with E-state index >= 15 is 0 Å². The number of fused-ring (bicyclic) bond motifs is 1. The Morgan fingerprint density at radius 1 is 1.13 bits per heavy atom. The van der Waals surface area contributed by atoms with Crippen LogP contribution < -0.4 is 0 Å². The second kappa shape index (κ2) is 7.96. The molecule has 3 aromatic rings. The summed E-state index contributed by atoms with van der Waals surface area (Å²) in [6, 6.07) is 7.19. The molecule has 0 aliphatic carbocycles. The lowest BCUT2D eigenvalue weighted by molar-refractivity contribution is 0.124. The van der Waals surface area contributed by atoms with Crippen molar-refractivity contribution in [2.75, 3.05) is 26.2 Å². The van der Waals surface area contributed by atoms with E-state index < -0.39 is 10.0 Å². The number of aromatic nitrogens is 3. The minimum atomic E-state index is -3.64. The van der Waals surface area contributed by atoms with Gasteiger partial charge >= 0.3 is 0 Å². The van der Waals surface area contributed by atoms with Gasteiger partial charge in [0, 0.05) is 43.2 Å². The number of pyridine rings is 1. The zero-order chi connectivity index (χ0) is 22.4. The molecule has 1 aliphatic rings. The number of sulfonamides is 1. The van der Waals surface area contributed by atoms with Crippen molar-refractivity contribution in [3.63, 3.8) is 0 Å². The third-order valence-electron chi connectivity index (χ3n) is 5.72. The summed E-state index contributed by atoms with van der Waals surface area (Å²) >= 11 is 0. The van der Waals surface area contributed by atoms with Crippen molar-refractivity contribution in [3.05, 3.63) is 47.7 Å². The van der Waals surface area contributed by atoms with E-state index in [0.717, 1.165) is 10.9 Å². The minimum Gasteiger partial charge on any atom is -0.338 e. The van der Waals surface area contributed by atoms with Gasteiger partial charge in [0.25, 0.3) is 0 Å². The maximum atomic E-state index is 13.4. The quantitative estimate of drug-likeness (QED) is 0.611. The highest BCUT2D eigenvalue weighted by Gasteiger charge is 2.33. The maximum Gasteiger partial charge on any atom is 0.245 e. The average molecular weight is 444 g/mol. The smallest absolute Gasteiger partial charge is 0.245 e. The van der Waals surface area contributed by atoms with Gasteiger partial charge in [0.15, 0.2) is 5.82 Å². The predicted octanol–water partition coefficient (Wildman–Crippen LogP) is 3.29. The standard InChI is InChI=1S/C22H29N5O3S/c1-15-13-17-7-6-8-18(19(17)23-14-15)31(28,29)27-11-9-26(10-12-27)16(2)20-24-21(25-30-20)22(3,4)5/h6-8,13-14,16H,9-12H2,1-5H3. The van der Waals surface area contributed by atoms with Crippen molar-refractivity contribution < 1.29 is 12.9 Å². The number of benzene rings is 1. The minimum absolute atomic E-state index is 0.0735. The number of piperazine rings is 1. The first kappa shape index (κ1) is 21.9. The number of para-hydroxylation sites is 1. The summed E-state index contributed by atoms with van der Waals surface area (Å²) in [5.41, 5.74) is 1.34. The summed E-state index contributed by atoms with van der Waals surface area (Å²) in [7, 11) is -3.64. The van der Waals surface area contributed by atoms with Crippen LogP contribution in [0.15, 0.2) is 39.9 Å². The summed E-state index contributed by atoms with van der Waals surface area (Å²) in [5, 5.41) is 4.94. The molecule has 1 atom stereocenters. The van der Waals surface area contributed by atoms with E-state index in [1.54, 1.807) is 22.6 Å². The van der Waals surface area contributed by atoms with Gasteiger partial charge in [-0.05, 0) is 31.5 Å². The van der Waals surface area contributed by atoms with E-state index in [-0.39, 0.29) is 16.4 Å². The lowest BCUT2D eigenvalue weighted by Crippen LogP contribution is -2.49. The van der Waals surface area contributed by atoms with Crippen LogP contribution in [-0.2, 0) is 15.4 Å². The molecule has 9 heteroatoms. The van der Waals surface area contributed by atoms with E-state index in [4.69, 9.17) is 4.52 Å². The van der Waals surface area contributed by atoms with Crippen molar-refractivity contribution in [2.45, 2.75) is 51.0 Å². The molecule has 8 nitrogen and oxygen atoms in total. The van der Waals surface area contributed by atoms with E-state index in [1.807, 2.05) is 46.8 Å². The highest BCUT2D eigenvalue weighted by Crippen LogP contribution is 2.28. The number of rotatable bonds is 4. The van der Waals surface area contributed by atoms with Crippen LogP contribution in [-0.4, -0.2) is 58.9 Å². The highest BCUT2D eigenvalue weighted by atomic mass is 32.2. The van der Waals surface area contributed by atoms with Gasteiger partial charge in [0.05, 0.1) is 11.6 Å². The Morgan fingerprint density at radius 3 is 2.48 bits per heavy atom. The van der Waals surface area contributed by atoms with Crippen LogP contribution in [0.5, 0.6) is 0 Å². The molecule has 1 fully saturated rings. The van der Waals surface area contributed by atoms with Crippen molar-refractivity contribution >= 4 is 20.9 Å². The Bertz CT molecular complexity index is 1190. The maximum absolute atomic E-state index is 13.4. The molecule has 1 unspecified atom stereocenters. The summed E-state index contributed by atoms with van der Waals surface area (Å²) in [6.07, 6.45) is 1.71. The zero-order valence-electron chi connectivity index (χ0n) is 18.7. The molecular weight excluding hydrogens is 414 g/mol. The van der Waals surface area contributed by atoms with Gasteiger partial charge in [-0.3, -0.25) is 9.88 Å². The van der Waals surface area contributed by atoms with Gasteiger partial charge < -0.3 is 4.52 Å². The van der Waals surface area contributed by atoms with Crippen LogP contribution in [0.2, 0.25) is 0 Å². The predicted molar refractivity (Wildman–Crippen MR) is 118 cm³/mol. The fraction of sp³-hybridized carbons (Fsp3) is 0.500. The topological polar surface area (TPSA) is 92.4 Å². The second-order valence-electron chi connectivity index (χ2n) is 9.16. The molecule has 0 bridgehead atoms. The van der Waals surface area contributed by atoms with E-state index in [9.17, 15) is 8.42 Å². The molecule has 0 radical (unpaired) electrons. The molecule has 1 aliphatic heterocycles. The fourth-order valence-electron chi connectivity index (χ4n) is 3.79. The Kier molecular flexibility index (Phi) is 5.61. The zero-order valence-corrected chi connectivity index (χ0v) is 19.5. The Labute approximate surface area is 183 Å². The van der Waals surface area contributed by atoms with Gasteiger partial charge in [-0.1, -0.05) is 38.1 Å². The first-order chi connectivity index (χ1) is 14.6. The fourth-order valence-corrected chi connectivity index (χ4v) is 5.37. The van der Waals surface area contributed by atoms with Gasteiger partial charge in [0.1, 0.15) is 4.90 Å². The molecule has 1 aromatic carbocycles. The third kappa shape index (κ3) is 4.22. The molecule has 4 rings (SSSR count). The lowest BCUT2D eigenvalue weighted by atomic mass is 9.96. The molecule has 2 aromatic heterocycles. The van der Waals surface area contributed by atoms with Gasteiger partial charge in [0.2, 0.25) is 15.9 Å². The van der Waals surface area contributed by atoms with Crippen molar-refractivity contribution in [1.82, 2.24) is 24.3 Å². The van der Waals surface area contributed by atoms with Crippen LogP contribution >= 0.6 is 0 Å². The van der Waals surface area contributed by atoms with Crippen molar-refractivity contribution in [1.29, 1.82) is 0 Å². The largest absolute Gasteiger partial charge is 0.338 e. The summed E-state index contributed by atoms with van der Waals surface area (Å²) < 4.78 is 33.8. The van der Waals surface area contributed by atoms with Crippen LogP contribution in [0.1, 0.15) is 51.0 Å². The molecule has 3 heterocycles. The van der Waals surface area contributed by atoms with Crippen LogP contribution in [0.25, 0.3) is 10.9 Å². The normalized spacial score (nSPS) is 17.8. The molecule has 0 spiro atoms. The molecule has 166 valence electrons. The molecule has 1 saturated heterocycles. The SMILES string of the molecule is Cc1cnc2c(S(=O)(=O)N3CCN(C(C)c4nc(C(C)(C)C)no4)CC3)cccc2c1. The lowest BCUT2D eigenvalue weighted by Gasteiger charge is -2.36. The van der Waals surface area contributed by atoms with Crippen LogP contribution in [0.4, 0.5) is 0 Å². The summed E-state index contributed by atoms with van der Waals surface area (Å²) in [6.45, 7) is 12.1. The molecule has 31 heavy (non-hydrogen) atoms. The molecule has 0 amide bonds. The second-order valence-corrected chi connectivity index (χ2v) is 11.1. The number of aryl methyl sites for hydroxylation is 1. The summed E-state index contributed by atoms with van der Waals surface area (Å²) in [4.78, 5) is 11.4. The first-order valence-electron chi connectivity index (χ1n) is 10.5. The van der Waals surface area contributed by atoms with E-state index in [1.165, 1.54) is 0 Å². The number of hydrogen-bond donors (Lipinski definition) is 0. The van der Waals surface area contributed by atoms with Crippen LogP contribution in [0, 0.1) is 6.92 Å². The van der Waals surface area contributed by atoms with Crippen molar-refractivity contribution in [2.24, 2.45) is 0 Å². The molecular formula is C22H29N5O3S. The monoisotopic (exact) mass is 443 g/mol. The Morgan fingerprint density at radius 2 is 1.84 bits per heavy atom. The van der Waals surface area contributed by atoms with Gasteiger partial charge in [-0.25, -0.2) is 8.42 Å². The average Bonchev–Trinajstić information content (AvgIpc) is 3.23. The number of nitrogens with zero attached hydrogens (tertiary/aromatic N) is 5. The van der Waals surface area contributed by atoms with Gasteiger partial charge in [-0.2, -0.15) is 9.29 Å². The molecule has 0 N–H and O–H groups in total. The summed E-state index contributed by atoms with van der Waals surface area (Å²) in [5.74, 6) is 1.24. The third-order valence-corrected chi connectivity index (χ3v) is 7.65. The van der Waals surface area contributed by atoms with Gasteiger partial charge in [-0.15, -0.1) is 0 Å². The Hall–Kier alpha value is -2.36. The molecule has 0 saturated carbocycles. The van der Waals surface area contributed by atoms with Crippen LogP contribution in [0.3, 0.4) is 0 Å². The van der Waals surface area contributed by atoms with E-state index in [2.05, 4.69) is 20.0 Å². The Balaban J connectivity index is 1.50. The first-order valence-corrected chi connectivity index (χ1v) is 11.9.